The topological polar surface area (TPSA) is 30.0 Å². The summed E-state index contributed by atoms with van der Waals surface area (Å²) in [5.74, 6) is 0.678. The fourth-order valence-corrected chi connectivity index (χ4v) is 1.56. The SMILES string of the molecule is CCc1ncc(C2CC2)cc1C=O. The summed E-state index contributed by atoms with van der Waals surface area (Å²) in [5, 5.41) is 0. The number of aromatic nitrogens is 1. The van der Waals surface area contributed by atoms with Crippen LogP contribution in [-0.2, 0) is 6.42 Å². The predicted octanol–water partition coefficient (Wildman–Crippen LogP) is 2.33. The zero-order valence-electron chi connectivity index (χ0n) is 7.79. The molecule has 0 aliphatic heterocycles. The van der Waals surface area contributed by atoms with E-state index in [-0.39, 0.29) is 0 Å². The largest absolute Gasteiger partial charge is 0.298 e. The van der Waals surface area contributed by atoms with Crippen LogP contribution in [0.4, 0.5) is 0 Å². The lowest BCUT2D eigenvalue weighted by Gasteiger charge is -2.03. The lowest BCUT2D eigenvalue weighted by molar-refractivity contribution is 0.112. The molecule has 2 rings (SSSR count). The molecule has 1 saturated carbocycles. The second-order valence-corrected chi connectivity index (χ2v) is 3.55. The molecule has 0 bridgehead atoms. The van der Waals surface area contributed by atoms with Gasteiger partial charge < -0.3 is 0 Å². The Labute approximate surface area is 78.0 Å². The first kappa shape index (κ1) is 8.42. The zero-order valence-corrected chi connectivity index (χ0v) is 7.79. The molecule has 2 nitrogen and oxygen atoms in total. The van der Waals surface area contributed by atoms with Gasteiger partial charge in [0.05, 0.1) is 5.69 Å². The highest BCUT2D eigenvalue weighted by Crippen LogP contribution is 2.39. The van der Waals surface area contributed by atoms with Gasteiger partial charge in [0, 0.05) is 11.8 Å². The molecule has 0 amide bonds. The third kappa shape index (κ3) is 1.62. The van der Waals surface area contributed by atoms with Crippen molar-refractivity contribution in [3.05, 3.63) is 29.1 Å². The number of carbonyl (C=O) groups is 1. The molecule has 2 heteroatoms. The Morgan fingerprint density at radius 3 is 2.92 bits per heavy atom. The molecule has 0 unspecified atom stereocenters. The average Bonchev–Trinajstić information content (AvgIpc) is 3.00. The number of pyridine rings is 1. The van der Waals surface area contributed by atoms with Gasteiger partial charge in [0.1, 0.15) is 0 Å². The summed E-state index contributed by atoms with van der Waals surface area (Å²) in [6.07, 6.45) is 6.18. The van der Waals surface area contributed by atoms with Gasteiger partial charge in [-0.3, -0.25) is 9.78 Å². The van der Waals surface area contributed by atoms with E-state index in [1.165, 1.54) is 18.4 Å². The van der Waals surface area contributed by atoms with Crippen LogP contribution >= 0.6 is 0 Å². The molecule has 0 saturated heterocycles. The molecular weight excluding hydrogens is 162 g/mol. The van der Waals surface area contributed by atoms with E-state index in [1.807, 2.05) is 19.2 Å². The Morgan fingerprint density at radius 1 is 1.62 bits per heavy atom. The van der Waals surface area contributed by atoms with Gasteiger partial charge in [-0.2, -0.15) is 0 Å². The first-order valence-corrected chi connectivity index (χ1v) is 4.79. The van der Waals surface area contributed by atoms with Gasteiger partial charge >= 0.3 is 0 Å². The van der Waals surface area contributed by atoms with Crippen molar-refractivity contribution in [2.24, 2.45) is 0 Å². The number of nitrogens with zero attached hydrogens (tertiary/aromatic N) is 1. The number of rotatable bonds is 3. The Kier molecular flexibility index (Phi) is 2.13. The van der Waals surface area contributed by atoms with Crippen molar-refractivity contribution in [1.82, 2.24) is 4.98 Å². The third-order valence-corrected chi connectivity index (χ3v) is 2.54. The second kappa shape index (κ2) is 3.29. The monoisotopic (exact) mass is 175 g/mol. The highest BCUT2D eigenvalue weighted by molar-refractivity contribution is 5.76. The molecule has 1 heterocycles. The summed E-state index contributed by atoms with van der Waals surface area (Å²) in [6.45, 7) is 2.02. The summed E-state index contributed by atoms with van der Waals surface area (Å²) in [5.41, 5.74) is 2.92. The summed E-state index contributed by atoms with van der Waals surface area (Å²) < 4.78 is 0. The Balaban J connectivity index is 2.36. The highest BCUT2D eigenvalue weighted by Gasteiger charge is 2.24. The van der Waals surface area contributed by atoms with Crippen LogP contribution in [0.2, 0.25) is 0 Å². The second-order valence-electron chi connectivity index (χ2n) is 3.55. The molecule has 1 aromatic heterocycles. The average molecular weight is 175 g/mol. The number of hydrogen-bond acceptors (Lipinski definition) is 2. The maximum atomic E-state index is 10.7. The maximum Gasteiger partial charge on any atom is 0.151 e. The standard InChI is InChI=1S/C11H13NO/c1-2-11-10(7-13)5-9(6-12-11)8-3-4-8/h5-8H,2-4H2,1H3. The molecular formula is C11H13NO. The molecule has 0 radical (unpaired) electrons. The molecule has 68 valence electrons. The van der Waals surface area contributed by atoms with Crippen LogP contribution in [0.1, 0.15) is 47.3 Å². The van der Waals surface area contributed by atoms with Crippen LogP contribution in [0.15, 0.2) is 12.3 Å². The smallest absolute Gasteiger partial charge is 0.151 e. The Morgan fingerprint density at radius 2 is 2.38 bits per heavy atom. The molecule has 1 aromatic rings. The third-order valence-electron chi connectivity index (χ3n) is 2.54. The Hall–Kier alpha value is -1.18. The maximum absolute atomic E-state index is 10.7. The van der Waals surface area contributed by atoms with Crippen molar-refractivity contribution >= 4 is 6.29 Å². The highest BCUT2D eigenvalue weighted by atomic mass is 16.1. The predicted molar refractivity (Wildman–Crippen MR) is 51.0 cm³/mol. The van der Waals surface area contributed by atoms with E-state index in [1.54, 1.807) is 0 Å². The van der Waals surface area contributed by atoms with Gasteiger partial charge in [-0.15, -0.1) is 0 Å². The van der Waals surface area contributed by atoms with E-state index in [2.05, 4.69) is 4.98 Å². The van der Waals surface area contributed by atoms with E-state index in [0.717, 1.165) is 24.0 Å². The molecule has 1 fully saturated rings. The van der Waals surface area contributed by atoms with Crippen LogP contribution in [0.25, 0.3) is 0 Å². The van der Waals surface area contributed by atoms with Gasteiger partial charge in [0.15, 0.2) is 6.29 Å². The van der Waals surface area contributed by atoms with Crippen LogP contribution in [0.3, 0.4) is 0 Å². The van der Waals surface area contributed by atoms with Crippen LogP contribution in [-0.4, -0.2) is 11.3 Å². The van der Waals surface area contributed by atoms with Crippen molar-refractivity contribution in [3.63, 3.8) is 0 Å². The minimum absolute atomic E-state index is 0.678. The first-order valence-electron chi connectivity index (χ1n) is 4.79. The van der Waals surface area contributed by atoms with Crippen LogP contribution < -0.4 is 0 Å². The number of aldehydes is 1. The minimum atomic E-state index is 0.678. The molecule has 0 spiro atoms. The van der Waals surface area contributed by atoms with Crippen molar-refractivity contribution < 1.29 is 4.79 Å². The summed E-state index contributed by atoms with van der Waals surface area (Å²) >= 11 is 0. The van der Waals surface area contributed by atoms with Gasteiger partial charge in [0.2, 0.25) is 0 Å². The van der Waals surface area contributed by atoms with E-state index >= 15 is 0 Å². The zero-order chi connectivity index (χ0) is 9.26. The fraction of sp³-hybridized carbons (Fsp3) is 0.455. The molecule has 1 aliphatic carbocycles. The summed E-state index contributed by atoms with van der Waals surface area (Å²) in [4.78, 5) is 15.0. The lowest BCUT2D eigenvalue weighted by atomic mass is 10.1. The van der Waals surface area contributed by atoms with Crippen molar-refractivity contribution in [1.29, 1.82) is 0 Å². The fourth-order valence-electron chi connectivity index (χ4n) is 1.56. The summed E-state index contributed by atoms with van der Waals surface area (Å²) in [6, 6.07) is 2.00. The number of carbonyl (C=O) groups excluding carboxylic acids is 1. The van der Waals surface area contributed by atoms with Crippen molar-refractivity contribution in [2.75, 3.05) is 0 Å². The number of aryl methyl sites for hydroxylation is 1. The summed E-state index contributed by atoms with van der Waals surface area (Å²) in [7, 11) is 0. The van der Waals surface area contributed by atoms with Crippen LogP contribution in [0, 0.1) is 0 Å². The quantitative estimate of drug-likeness (QED) is 0.660. The Bertz CT molecular complexity index is 329. The van der Waals surface area contributed by atoms with Gasteiger partial charge in [0.25, 0.3) is 0 Å². The van der Waals surface area contributed by atoms with Crippen molar-refractivity contribution in [2.45, 2.75) is 32.1 Å². The molecule has 0 atom stereocenters. The van der Waals surface area contributed by atoms with E-state index in [9.17, 15) is 4.79 Å². The first-order chi connectivity index (χ1) is 6.35. The lowest BCUT2D eigenvalue weighted by Crippen LogP contribution is -1.96. The molecule has 13 heavy (non-hydrogen) atoms. The van der Waals surface area contributed by atoms with E-state index < -0.39 is 0 Å². The van der Waals surface area contributed by atoms with Crippen molar-refractivity contribution in [3.8, 4) is 0 Å². The van der Waals surface area contributed by atoms with Gasteiger partial charge in [-0.25, -0.2) is 0 Å². The normalized spacial score (nSPS) is 15.8. The van der Waals surface area contributed by atoms with E-state index in [0.29, 0.717) is 5.92 Å². The molecule has 0 N–H and O–H groups in total. The van der Waals surface area contributed by atoms with Gasteiger partial charge in [-0.1, -0.05) is 6.92 Å². The number of hydrogen-bond donors (Lipinski definition) is 0. The van der Waals surface area contributed by atoms with Gasteiger partial charge in [-0.05, 0) is 36.8 Å². The molecule has 0 aromatic carbocycles. The van der Waals surface area contributed by atoms with Crippen LogP contribution in [0.5, 0.6) is 0 Å². The van der Waals surface area contributed by atoms with E-state index in [4.69, 9.17) is 0 Å². The molecule has 1 aliphatic rings. The minimum Gasteiger partial charge on any atom is -0.298 e.